The van der Waals surface area contributed by atoms with Gasteiger partial charge in [0.2, 0.25) is 5.91 Å². The van der Waals surface area contributed by atoms with E-state index in [0.29, 0.717) is 11.4 Å². The minimum Gasteiger partial charge on any atom is -0.484 e. The molecule has 0 saturated carbocycles. The van der Waals surface area contributed by atoms with Crippen LogP contribution in [0, 0.1) is 0 Å². The predicted octanol–water partition coefficient (Wildman–Crippen LogP) is 1.38. The molecular weight excluding hydrogens is 256 g/mol. The summed E-state index contributed by atoms with van der Waals surface area (Å²) in [5.74, 6) is 0.418. The van der Waals surface area contributed by atoms with Gasteiger partial charge in [0.25, 0.3) is 5.91 Å². The van der Waals surface area contributed by atoms with E-state index in [1.165, 1.54) is 7.05 Å². The molecule has 6 heteroatoms. The number of ether oxygens (including phenoxy) is 1. The second kappa shape index (κ2) is 7.55. The van der Waals surface area contributed by atoms with Crippen LogP contribution in [0.5, 0.6) is 5.75 Å². The fraction of sp³-hybridized carbons (Fsp3) is 0.333. The quantitative estimate of drug-likeness (QED) is 0.768. The second-order valence-corrected chi connectivity index (χ2v) is 3.85. The third kappa shape index (κ3) is 5.05. The summed E-state index contributed by atoms with van der Waals surface area (Å²) in [6.45, 7) is -0.0599. The number of hydrogen-bond donors (Lipinski definition) is 2. The van der Waals surface area contributed by atoms with Crippen LogP contribution in [-0.2, 0) is 9.59 Å². The van der Waals surface area contributed by atoms with E-state index >= 15 is 0 Å². The molecule has 0 fully saturated rings. The number of nitrogens with one attached hydrogen (secondary N) is 2. The molecule has 0 aromatic heterocycles. The number of rotatable bonds is 6. The van der Waals surface area contributed by atoms with Crippen molar-refractivity contribution in [2.75, 3.05) is 24.9 Å². The van der Waals surface area contributed by atoms with Gasteiger partial charge in [0.1, 0.15) is 5.75 Å². The molecule has 0 atom stereocenters. The number of hydrogen-bond acceptors (Lipinski definition) is 3. The molecular formula is C12H15ClN2O3. The molecule has 0 heterocycles. The standard InChI is InChI=1S/C12H15ClN2O3/c1-14-12(17)8-18-10-4-2-3-9(7-10)15-11(16)5-6-13/h2-4,7H,5-6,8H2,1H3,(H,14,17)(H,15,16). The van der Waals surface area contributed by atoms with Gasteiger partial charge in [-0.1, -0.05) is 6.07 Å². The van der Waals surface area contributed by atoms with Crippen LogP contribution >= 0.6 is 11.6 Å². The summed E-state index contributed by atoms with van der Waals surface area (Å²) in [6.07, 6.45) is 0.255. The Morgan fingerprint density at radius 2 is 2.11 bits per heavy atom. The van der Waals surface area contributed by atoms with Crippen LogP contribution < -0.4 is 15.4 Å². The molecule has 5 nitrogen and oxygen atoms in total. The number of amides is 2. The van der Waals surface area contributed by atoms with E-state index in [1.54, 1.807) is 24.3 Å². The first-order valence-corrected chi connectivity index (χ1v) is 5.98. The molecule has 2 amide bonds. The Bertz CT molecular complexity index is 424. The van der Waals surface area contributed by atoms with Gasteiger partial charge in [-0.05, 0) is 12.1 Å². The molecule has 1 rings (SSSR count). The number of carbonyl (C=O) groups excluding carboxylic acids is 2. The van der Waals surface area contributed by atoms with Crippen LogP contribution in [-0.4, -0.2) is 31.3 Å². The largest absolute Gasteiger partial charge is 0.484 e. The van der Waals surface area contributed by atoms with Crippen molar-refractivity contribution in [3.8, 4) is 5.75 Å². The molecule has 0 radical (unpaired) electrons. The van der Waals surface area contributed by atoms with Crippen molar-refractivity contribution in [3.63, 3.8) is 0 Å². The molecule has 98 valence electrons. The van der Waals surface area contributed by atoms with E-state index in [1.807, 2.05) is 0 Å². The fourth-order valence-corrected chi connectivity index (χ4v) is 1.37. The summed E-state index contributed by atoms with van der Waals surface area (Å²) in [5.41, 5.74) is 0.611. The first kappa shape index (κ1) is 14.3. The lowest BCUT2D eigenvalue weighted by Gasteiger charge is -2.08. The summed E-state index contributed by atoms with van der Waals surface area (Å²) in [7, 11) is 1.54. The average Bonchev–Trinajstić information content (AvgIpc) is 2.36. The Kier molecular flexibility index (Phi) is 6.00. The van der Waals surface area contributed by atoms with Crippen LogP contribution in [0.2, 0.25) is 0 Å². The van der Waals surface area contributed by atoms with Crippen molar-refractivity contribution in [1.82, 2.24) is 5.32 Å². The SMILES string of the molecule is CNC(=O)COc1cccc(NC(=O)CCCl)c1. The summed E-state index contributed by atoms with van der Waals surface area (Å²) >= 11 is 5.46. The van der Waals surface area contributed by atoms with Gasteiger partial charge >= 0.3 is 0 Å². The number of benzene rings is 1. The zero-order valence-electron chi connectivity index (χ0n) is 10.0. The van der Waals surface area contributed by atoms with E-state index in [4.69, 9.17) is 16.3 Å². The first-order chi connectivity index (χ1) is 8.65. The number of alkyl halides is 1. The van der Waals surface area contributed by atoms with Crippen molar-refractivity contribution in [2.45, 2.75) is 6.42 Å². The van der Waals surface area contributed by atoms with Gasteiger partial charge in [-0.15, -0.1) is 11.6 Å². The monoisotopic (exact) mass is 270 g/mol. The van der Waals surface area contributed by atoms with Crippen molar-refractivity contribution < 1.29 is 14.3 Å². The van der Waals surface area contributed by atoms with E-state index in [2.05, 4.69) is 10.6 Å². The number of anilines is 1. The average molecular weight is 271 g/mol. The van der Waals surface area contributed by atoms with E-state index in [9.17, 15) is 9.59 Å². The smallest absolute Gasteiger partial charge is 0.257 e. The number of halogens is 1. The zero-order valence-corrected chi connectivity index (χ0v) is 10.8. The van der Waals surface area contributed by atoms with Crippen molar-refractivity contribution in [1.29, 1.82) is 0 Å². The van der Waals surface area contributed by atoms with E-state index in [0.717, 1.165) is 0 Å². The molecule has 1 aromatic rings. The highest BCUT2D eigenvalue weighted by Crippen LogP contribution is 2.17. The predicted molar refractivity (Wildman–Crippen MR) is 70.0 cm³/mol. The van der Waals surface area contributed by atoms with Crippen LogP contribution in [0.1, 0.15) is 6.42 Å². The normalized spacial score (nSPS) is 9.67. The summed E-state index contributed by atoms with van der Waals surface area (Å²) in [6, 6.07) is 6.82. The molecule has 18 heavy (non-hydrogen) atoms. The van der Waals surface area contributed by atoms with Crippen molar-refractivity contribution in [3.05, 3.63) is 24.3 Å². The maximum absolute atomic E-state index is 11.3. The highest BCUT2D eigenvalue weighted by molar-refractivity contribution is 6.19. The molecule has 0 aliphatic rings. The van der Waals surface area contributed by atoms with Crippen LogP contribution in [0.3, 0.4) is 0 Å². The minimum atomic E-state index is -0.216. The second-order valence-electron chi connectivity index (χ2n) is 3.48. The Morgan fingerprint density at radius 1 is 1.33 bits per heavy atom. The fourth-order valence-electron chi connectivity index (χ4n) is 1.19. The first-order valence-electron chi connectivity index (χ1n) is 5.45. The maximum atomic E-state index is 11.3. The molecule has 2 N–H and O–H groups in total. The topological polar surface area (TPSA) is 67.4 Å². The molecule has 0 aliphatic carbocycles. The summed E-state index contributed by atoms with van der Waals surface area (Å²) in [5, 5.41) is 5.13. The van der Waals surface area contributed by atoms with Gasteiger partial charge in [0.15, 0.2) is 6.61 Å². The van der Waals surface area contributed by atoms with Gasteiger partial charge in [-0.3, -0.25) is 9.59 Å². The zero-order chi connectivity index (χ0) is 13.4. The van der Waals surface area contributed by atoms with Gasteiger partial charge < -0.3 is 15.4 Å². The Morgan fingerprint density at radius 3 is 2.78 bits per heavy atom. The number of likely N-dealkylation sites (N-methyl/N-ethyl adjacent to an activating group) is 1. The van der Waals surface area contributed by atoms with Crippen LogP contribution in [0.25, 0.3) is 0 Å². The lowest BCUT2D eigenvalue weighted by Crippen LogP contribution is -2.24. The highest BCUT2D eigenvalue weighted by atomic mass is 35.5. The van der Waals surface area contributed by atoms with Gasteiger partial charge in [-0.2, -0.15) is 0 Å². The molecule has 1 aromatic carbocycles. The Hall–Kier alpha value is -1.75. The van der Waals surface area contributed by atoms with Gasteiger partial charge in [0.05, 0.1) is 0 Å². The van der Waals surface area contributed by atoms with E-state index in [-0.39, 0.29) is 30.7 Å². The Balaban J connectivity index is 2.56. The Labute approximate surface area is 110 Å². The highest BCUT2D eigenvalue weighted by Gasteiger charge is 2.04. The maximum Gasteiger partial charge on any atom is 0.257 e. The molecule has 0 bridgehead atoms. The van der Waals surface area contributed by atoms with Crippen LogP contribution in [0.4, 0.5) is 5.69 Å². The third-order valence-corrected chi connectivity index (χ3v) is 2.28. The molecule has 0 saturated heterocycles. The summed E-state index contributed by atoms with van der Waals surface area (Å²) in [4.78, 5) is 22.3. The number of carbonyl (C=O) groups is 2. The third-order valence-electron chi connectivity index (χ3n) is 2.09. The van der Waals surface area contributed by atoms with Crippen molar-refractivity contribution >= 4 is 29.1 Å². The van der Waals surface area contributed by atoms with E-state index < -0.39 is 0 Å². The molecule has 0 spiro atoms. The lowest BCUT2D eigenvalue weighted by molar-refractivity contribution is -0.122. The molecule has 0 unspecified atom stereocenters. The minimum absolute atomic E-state index is 0.0599. The van der Waals surface area contributed by atoms with Gasteiger partial charge in [-0.25, -0.2) is 0 Å². The van der Waals surface area contributed by atoms with Crippen molar-refractivity contribution in [2.24, 2.45) is 0 Å². The van der Waals surface area contributed by atoms with Gasteiger partial charge in [0, 0.05) is 31.1 Å². The summed E-state index contributed by atoms with van der Waals surface area (Å²) < 4.78 is 5.25. The molecule has 0 aliphatic heterocycles. The lowest BCUT2D eigenvalue weighted by atomic mass is 10.3. The van der Waals surface area contributed by atoms with Crippen LogP contribution in [0.15, 0.2) is 24.3 Å².